The maximum atomic E-state index is 11.7. The Morgan fingerprint density at radius 3 is 2.68 bits per heavy atom. The summed E-state index contributed by atoms with van der Waals surface area (Å²) in [7, 11) is 1.47. The smallest absolute Gasteiger partial charge is 0.315 e. The number of aryl methyl sites for hydroxylation is 3. The monoisotopic (exact) mass is 381 g/mol. The van der Waals surface area contributed by atoms with Gasteiger partial charge in [0.2, 0.25) is 5.75 Å². The highest BCUT2D eigenvalue weighted by atomic mass is 16.6. The number of methoxy groups -OCH3 is 1. The van der Waals surface area contributed by atoms with Crippen molar-refractivity contribution in [2.24, 2.45) is 0 Å². The van der Waals surface area contributed by atoms with Crippen molar-refractivity contribution in [2.75, 3.05) is 7.11 Å². The van der Waals surface area contributed by atoms with Crippen LogP contribution in [-0.4, -0.2) is 21.6 Å². The highest BCUT2D eigenvalue weighted by Crippen LogP contribution is 2.41. The summed E-state index contributed by atoms with van der Waals surface area (Å²) in [6.45, 7) is 6.89. The second-order valence-electron chi connectivity index (χ2n) is 6.54. The van der Waals surface area contributed by atoms with Gasteiger partial charge >= 0.3 is 5.69 Å². The lowest BCUT2D eigenvalue weighted by Gasteiger charge is -2.14. The van der Waals surface area contributed by atoms with Crippen molar-refractivity contribution >= 4 is 5.69 Å². The van der Waals surface area contributed by atoms with Gasteiger partial charge in [-0.25, -0.2) is 4.98 Å². The second-order valence-corrected chi connectivity index (χ2v) is 6.54. The molecule has 0 aliphatic heterocycles. The molecule has 146 valence electrons. The van der Waals surface area contributed by atoms with Gasteiger partial charge in [0.15, 0.2) is 5.75 Å². The highest BCUT2D eigenvalue weighted by molar-refractivity contribution is 5.69. The maximum Gasteiger partial charge on any atom is 0.315 e. The number of nitro benzene ring substituents is 1. The number of aromatic nitrogens is 2. The summed E-state index contributed by atoms with van der Waals surface area (Å²) >= 11 is 0. The van der Waals surface area contributed by atoms with Gasteiger partial charge in [0, 0.05) is 30.6 Å². The van der Waals surface area contributed by atoms with Crippen LogP contribution in [0, 0.1) is 24.0 Å². The van der Waals surface area contributed by atoms with Crippen molar-refractivity contribution in [2.45, 2.75) is 33.9 Å². The van der Waals surface area contributed by atoms with E-state index < -0.39 is 4.92 Å². The average Bonchev–Trinajstić information content (AvgIpc) is 3.16. The molecule has 0 fully saturated rings. The fraction of sp³-hybridized carbons (Fsp3) is 0.286. The van der Waals surface area contributed by atoms with Gasteiger partial charge in [-0.1, -0.05) is 23.8 Å². The molecule has 0 atom stereocenters. The third-order valence-corrected chi connectivity index (χ3v) is 4.64. The molecule has 3 rings (SSSR count). The number of benzene rings is 2. The first kappa shape index (κ1) is 19.4. The Morgan fingerprint density at radius 2 is 2.00 bits per heavy atom. The molecule has 7 heteroatoms. The van der Waals surface area contributed by atoms with Crippen LogP contribution in [0.5, 0.6) is 11.5 Å². The molecule has 0 N–H and O–H groups in total. The lowest BCUT2D eigenvalue weighted by atomic mass is 10.1. The Kier molecular flexibility index (Phi) is 5.63. The Balaban J connectivity index is 2.03. The fourth-order valence-corrected chi connectivity index (χ4v) is 3.08. The van der Waals surface area contributed by atoms with Crippen LogP contribution in [0.1, 0.15) is 23.6 Å². The Labute approximate surface area is 163 Å². The molecule has 1 aromatic heterocycles. The fourth-order valence-electron chi connectivity index (χ4n) is 3.08. The molecule has 3 aromatic rings. The van der Waals surface area contributed by atoms with E-state index in [0.29, 0.717) is 23.7 Å². The van der Waals surface area contributed by atoms with E-state index in [4.69, 9.17) is 9.47 Å². The van der Waals surface area contributed by atoms with Crippen molar-refractivity contribution in [3.8, 4) is 22.9 Å². The van der Waals surface area contributed by atoms with E-state index in [9.17, 15) is 10.1 Å². The predicted molar refractivity (Wildman–Crippen MR) is 107 cm³/mol. The first-order chi connectivity index (χ1) is 13.4. The van der Waals surface area contributed by atoms with E-state index >= 15 is 0 Å². The molecular formula is C21H23N3O4. The van der Waals surface area contributed by atoms with Crippen LogP contribution < -0.4 is 9.47 Å². The Morgan fingerprint density at radius 1 is 1.21 bits per heavy atom. The minimum absolute atomic E-state index is 0.117. The number of hydrogen-bond donors (Lipinski definition) is 0. The standard InChI is InChI=1S/C21H23N3O4/c1-5-23-9-8-22-21(23)16-11-18(24(25)26)20(19(12-16)27-4)28-13-17-10-14(2)6-7-15(17)3/h6-12H,5,13H2,1-4H3. The van der Waals surface area contributed by atoms with Crippen LogP contribution in [-0.2, 0) is 13.2 Å². The van der Waals surface area contributed by atoms with Crippen molar-refractivity contribution in [1.82, 2.24) is 9.55 Å². The molecule has 0 radical (unpaired) electrons. The third kappa shape index (κ3) is 3.83. The molecule has 7 nitrogen and oxygen atoms in total. The van der Waals surface area contributed by atoms with Gasteiger partial charge in [0.05, 0.1) is 12.0 Å². The molecule has 1 heterocycles. The summed E-state index contributed by atoms with van der Waals surface area (Å²) in [6.07, 6.45) is 3.50. The lowest BCUT2D eigenvalue weighted by molar-refractivity contribution is -0.386. The molecule has 2 aromatic carbocycles. The highest BCUT2D eigenvalue weighted by Gasteiger charge is 2.24. The van der Waals surface area contributed by atoms with E-state index in [1.165, 1.54) is 13.2 Å². The SMILES string of the molecule is CCn1ccnc1-c1cc(OC)c(OCc2cc(C)ccc2C)c([N+](=O)[O-])c1. The zero-order valence-electron chi connectivity index (χ0n) is 16.4. The minimum atomic E-state index is -0.455. The quantitative estimate of drug-likeness (QED) is 0.438. The Bertz CT molecular complexity index is 1010. The van der Waals surface area contributed by atoms with Gasteiger partial charge in [-0.05, 0) is 38.0 Å². The van der Waals surface area contributed by atoms with Crippen LogP contribution >= 0.6 is 0 Å². The summed E-state index contributed by atoms with van der Waals surface area (Å²) in [6, 6.07) is 9.25. The molecule has 0 aliphatic carbocycles. The minimum Gasteiger partial charge on any atom is -0.493 e. The van der Waals surface area contributed by atoms with Gasteiger partial charge in [-0.2, -0.15) is 0 Å². The van der Waals surface area contributed by atoms with Gasteiger partial charge in [0.25, 0.3) is 0 Å². The molecule has 0 amide bonds. The molecule has 0 spiro atoms. The summed E-state index contributed by atoms with van der Waals surface area (Å²) < 4.78 is 13.2. The Hall–Kier alpha value is -3.35. The van der Waals surface area contributed by atoms with Crippen LogP contribution in [0.2, 0.25) is 0 Å². The zero-order chi connectivity index (χ0) is 20.3. The van der Waals surface area contributed by atoms with E-state index in [1.807, 2.05) is 49.7 Å². The van der Waals surface area contributed by atoms with Gasteiger partial charge in [-0.15, -0.1) is 0 Å². The molecule has 0 saturated carbocycles. The van der Waals surface area contributed by atoms with Crippen LogP contribution in [0.15, 0.2) is 42.7 Å². The first-order valence-electron chi connectivity index (χ1n) is 9.01. The molecular weight excluding hydrogens is 358 g/mol. The van der Waals surface area contributed by atoms with Crippen molar-refractivity contribution in [3.63, 3.8) is 0 Å². The van der Waals surface area contributed by atoms with Crippen LogP contribution in [0.4, 0.5) is 5.69 Å². The van der Waals surface area contributed by atoms with Gasteiger partial charge in [-0.3, -0.25) is 10.1 Å². The number of rotatable bonds is 7. The van der Waals surface area contributed by atoms with E-state index in [1.54, 1.807) is 12.3 Å². The summed E-state index contributed by atoms with van der Waals surface area (Å²) in [5.41, 5.74) is 3.60. The van der Waals surface area contributed by atoms with Crippen molar-refractivity contribution in [1.29, 1.82) is 0 Å². The second kappa shape index (κ2) is 8.12. The maximum absolute atomic E-state index is 11.7. The molecule has 0 saturated heterocycles. The van der Waals surface area contributed by atoms with Crippen molar-refractivity contribution in [3.05, 3.63) is 69.5 Å². The molecule has 28 heavy (non-hydrogen) atoms. The van der Waals surface area contributed by atoms with Crippen LogP contribution in [0.25, 0.3) is 11.4 Å². The van der Waals surface area contributed by atoms with Gasteiger partial charge in [0.1, 0.15) is 12.4 Å². The predicted octanol–water partition coefficient (Wildman–Crippen LogP) is 4.68. The summed E-state index contributed by atoms with van der Waals surface area (Å²) in [5.74, 6) is 1.07. The normalized spacial score (nSPS) is 10.7. The van der Waals surface area contributed by atoms with Gasteiger partial charge < -0.3 is 14.0 Å². The zero-order valence-corrected chi connectivity index (χ0v) is 16.4. The number of nitro groups is 1. The molecule has 0 aliphatic rings. The summed E-state index contributed by atoms with van der Waals surface area (Å²) in [5, 5.41) is 11.7. The first-order valence-corrected chi connectivity index (χ1v) is 9.01. The largest absolute Gasteiger partial charge is 0.493 e. The number of nitrogens with zero attached hydrogens (tertiary/aromatic N) is 3. The van der Waals surface area contributed by atoms with E-state index in [0.717, 1.165) is 16.7 Å². The average molecular weight is 381 g/mol. The number of imidazole rings is 1. The van der Waals surface area contributed by atoms with Crippen molar-refractivity contribution < 1.29 is 14.4 Å². The van der Waals surface area contributed by atoms with E-state index in [-0.39, 0.29) is 18.0 Å². The third-order valence-electron chi connectivity index (χ3n) is 4.64. The lowest BCUT2D eigenvalue weighted by Crippen LogP contribution is -2.04. The topological polar surface area (TPSA) is 79.4 Å². The summed E-state index contributed by atoms with van der Waals surface area (Å²) in [4.78, 5) is 15.6. The number of hydrogen-bond acceptors (Lipinski definition) is 5. The molecule has 0 unspecified atom stereocenters. The number of ether oxygens (including phenoxy) is 2. The molecule has 0 bridgehead atoms. The van der Waals surface area contributed by atoms with Crippen LogP contribution in [0.3, 0.4) is 0 Å². The van der Waals surface area contributed by atoms with E-state index in [2.05, 4.69) is 4.98 Å².